The lowest BCUT2D eigenvalue weighted by Crippen LogP contribution is -2.24. The first-order valence-electron chi connectivity index (χ1n) is 6.74. The van der Waals surface area contributed by atoms with E-state index >= 15 is 0 Å². The molecule has 3 N–H and O–H groups in total. The van der Waals surface area contributed by atoms with Crippen LogP contribution in [0.25, 0.3) is 0 Å². The molecule has 106 valence electrons. The summed E-state index contributed by atoms with van der Waals surface area (Å²) in [4.78, 5) is 16.3. The number of aryl methyl sites for hydroxylation is 1. The molecule has 20 heavy (non-hydrogen) atoms. The van der Waals surface area contributed by atoms with Crippen molar-refractivity contribution in [1.29, 1.82) is 0 Å². The van der Waals surface area contributed by atoms with Gasteiger partial charge in [0.25, 0.3) is 5.91 Å². The summed E-state index contributed by atoms with van der Waals surface area (Å²) in [6.45, 7) is 2.80. The Labute approximate surface area is 118 Å². The van der Waals surface area contributed by atoms with Crippen molar-refractivity contribution >= 4 is 5.91 Å². The van der Waals surface area contributed by atoms with Gasteiger partial charge in [-0.2, -0.15) is 0 Å². The standard InChI is InChI=1S/C15H19N3O2/c1-2-12-9-17-14(20-12)10-18-15(19)13-6-4-3-5-11(13)7-8-16/h3-6,9H,2,7-8,10,16H2,1H3,(H,18,19). The zero-order chi connectivity index (χ0) is 14.4. The molecular formula is C15H19N3O2. The normalized spacial score (nSPS) is 10.5. The minimum absolute atomic E-state index is 0.134. The topological polar surface area (TPSA) is 81.2 Å². The average molecular weight is 273 g/mol. The highest BCUT2D eigenvalue weighted by molar-refractivity contribution is 5.95. The summed E-state index contributed by atoms with van der Waals surface area (Å²) in [6.07, 6.45) is 3.16. The number of aromatic nitrogens is 1. The first-order chi connectivity index (χ1) is 9.74. The molecule has 0 aliphatic heterocycles. The number of carbonyl (C=O) groups is 1. The predicted octanol–water partition coefficient (Wildman–Crippen LogP) is 1.67. The molecule has 0 saturated carbocycles. The summed E-state index contributed by atoms with van der Waals surface area (Å²) >= 11 is 0. The zero-order valence-electron chi connectivity index (χ0n) is 11.6. The molecule has 0 aliphatic rings. The Bertz CT molecular complexity index is 578. The van der Waals surface area contributed by atoms with E-state index in [1.165, 1.54) is 0 Å². The third kappa shape index (κ3) is 3.45. The van der Waals surface area contributed by atoms with Gasteiger partial charge in [-0.1, -0.05) is 25.1 Å². The van der Waals surface area contributed by atoms with Crippen molar-refractivity contribution in [2.75, 3.05) is 6.54 Å². The van der Waals surface area contributed by atoms with Gasteiger partial charge in [0.05, 0.1) is 12.7 Å². The number of benzene rings is 1. The largest absolute Gasteiger partial charge is 0.444 e. The second-order valence-electron chi connectivity index (χ2n) is 4.45. The van der Waals surface area contributed by atoms with E-state index in [0.29, 0.717) is 24.4 Å². The minimum Gasteiger partial charge on any atom is -0.444 e. The summed E-state index contributed by atoms with van der Waals surface area (Å²) in [7, 11) is 0. The van der Waals surface area contributed by atoms with Crippen LogP contribution in [0.3, 0.4) is 0 Å². The molecule has 0 unspecified atom stereocenters. The van der Waals surface area contributed by atoms with Crippen LogP contribution in [-0.4, -0.2) is 17.4 Å². The van der Waals surface area contributed by atoms with Crippen LogP contribution in [0.5, 0.6) is 0 Å². The molecule has 5 heteroatoms. The molecule has 0 fully saturated rings. The Morgan fingerprint density at radius 1 is 1.40 bits per heavy atom. The summed E-state index contributed by atoms with van der Waals surface area (Å²) in [5.41, 5.74) is 7.16. The first kappa shape index (κ1) is 14.3. The van der Waals surface area contributed by atoms with Crippen LogP contribution in [0.2, 0.25) is 0 Å². The molecule has 1 heterocycles. The average Bonchev–Trinajstić information content (AvgIpc) is 2.94. The van der Waals surface area contributed by atoms with Gasteiger partial charge in [0, 0.05) is 12.0 Å². The molecule has 0 saturated heterocycles. The van der Waals surface area contributed by atoms with Crippen molar-refractivity contribution in [2.45, 2.75) is 26.3 Å². The zero-order valence-corrected chi connectivity index (χ0v) is 11.6. The summed E-state index contributed by atoms with van der Waals surface area (Å²) in [5.74, 6) is 1.20. The maximum atomic E-state index is 12.2. The maximum absolute atomic E-state index is 12.2. The fraction of sp³-hybridized carbons (Fsp3) is 0.333. The van der Waals surface area contributed by atoms with E-state index < -0.39 is 0 Å². The van der Waals surface area contributed by atoms with E-state index in [1.807, 2.05) is 25.1 Å². The van der Waals surface area contributed by atoms with Gasteiger partial charge in [-0.05, 0) is 24.6 Å². The van der Waals surface area contributed by atoms with Gasteiger partial charge in [0.1, 0.15) is 5.76 Å². The van der Waals surface area contributed by atoms with E-state index in [2.05, 4.69) is 10.3 Å². The van der Waals surface area contributed by atoms with Crippen molar-refractivity contribution < 1.29 is 9.21 Å². The van der Waals surface area contributed by atoms with E-state index in [0.717, 1.165) is 17.7 Å². The molecule has 2 aromatic rings. The van der Waals surface area contributed by atoms with E-state index in [9.17, 15) is 4.79 Å². The van der Waals surface area contributed by atoms with Crippen LogP contribution < -0.4 is 11.1 Å². The highest BCUT2D eigenvalue weighted by Crippen LogP contribution is 2.10. The Balaban J connectivity index is 2.01. The molecule has 5 nitrogen and oxygen atoms in total. The highest BCUT2D eigenvalue weighted by atomic mass is 16.4. The second kappa shape index (κ2) is 6.86. The third-order valence-corrected chi connectivity index (χ3v) is 3.03. The van der Waals surface area contributed by atoms with Crippen LogP contribution in [0, 0.1) is 0 Å². The molecule has 1 aromatic carbocycles. The van der Waals surface area contributed by atoms with Crippen molar-refractivity contribution in [3.8, 4) is 0 Å². The SMILES string of the molecule is CCc1cnc(CNC(=O)c2ccccc2CCN)o1. The monoisotopic (exact) mass is 273 g/mol. The molecule has 0 atom stereocenters. The van der Waals surface area contributed by atoms with Gasteiger partial charge in [-0.3, -0.25) is 4.79 Å². The molecule has 0 bridgehead atoms. The van der Waals surface area contributed by atoms with Gasteiger partial charge in [0.15, 0.2) is 0 Å². The van der Waals surface area contributed by atoms with Crippen molar-refractivity contribution in [3.05, 3.63) is 53.2 Å². The quantitative estimate of drug-likeness (QED) is 0.839. The minimum atomic E-state index is -0.134. The maximum Gasteiger partial charge on any atom is 0.251 e. The number of oxazole rings is 1. The van der Waals surface area contributed by atoms with Crippen LogP contribution in [0.15, 0.2) is 34.9 Å². The number of nitrogens with one attached hydrogen (secondary N) is 1. The fourth-order valence-electron chi connectivity index (χ4n) is 1.96. The molecular weight excluding hydrogens is 254 g/mol. The van der Waals surface area contributed by atoms with E-state index in [4.69, 9.17) is 10.2 Å². The van der Waals surface area contributed by atoms with Gasteiger partial charge < -0.3 is 15.5 Å². The molecule has 0 radical (unpaired) electrons. The van der Waals surface area contributed by atoms with Gasteiger partial charge in [0.2, 0.25) is 5.89 Å². The summed E-state index contributed by atoms with van der Waals surface area (Å²) < 4.78 is 5.45. The highest BCUT2D eigenvalue weighted by Gasteiger charge is 2.11. The lowest BCUT2D eigenvalue weighted by molar-refractivity contribution is 0.0946. The third-order valence-electron chi connectivity index (χ3n) is 3.03. The molecule has 0 aliphatic carbocycles. The molecule has 0 spiro atoms. The Kier molecular flexibility index (Phi) is 4.90. The number of carbonyl (C=O) groups excluding carboxylic acids is 1. The van der Waals surface area contributed by atoms with Crippen LogP contribution in [-0.2, 0) is 19.4 Å². The number of hydrogen-bond acceptors (Lipinski definition) is 4. The van der Waals surface area contributed by atoms with Gasteiger partial charge in [-0.25, -0.2) is 4.98 Å². The van der Waals surface area contributed by atoms with Crippen molar-refractivity contribution in [3.63, 3.8) is 0 Å². The lowest BCUT2D eigenvalue weighted by Gasteiger charge is -2.08. The van der Waals surface area contributed by atoms with E-state index in [-0.39, 0.29) is 12.5 Å². The number of rotatable bonds is 6. The van der Waals surface area contributed by atoms with Crippen LogP contribution in [0.1, 0.15) is 34.5 Å². The molecule has 2 rings (SSSR count). The fourth-order valence-corrected chi connectivity index (χ4v) is 1.96. The Morgan fingerprint density at radius 3 is 2.90 bits per heavy atom. The van der Waals surface area contributed by atoms with Gasteiger partial charge >= 0.3 is 0 Å². The predicted molar refractivity (Wildman–Crippen MR) is 76.3 cm³/mol. The van der Waals surface area contributed by atoms with Crippen LogP contribution >= 0.6 is 0 Å². The molecule has 1 aromatic heterocycles. The summed E-state index contributed by atoms with van der Waals surface area (Å²) in [5, 5.41) is 2.82. The van der Waals surface area contributed by atoms with Crippen molar-refractivity contribution in [2.24, 2.45) is 5.73 Å². The Hall–Kier alpha value is -2.14. The van der Waals surface area contributed by atoms with Crippen molar-refractivity contribution in [1.82, 2.24) is 10.3 Å². The Morgan fingerprint density at radius 2 is 2.20 bits per heavy atom. The number of nitrogens with zero attached hydrogens (tertiary/aromatic N) is 1. The number of hydrogen-bond donors (Lipinski definition) is 2. The lowest BCUT2D eigenvalue weighted by atomic mass is 10.0. The molecule has 1 amide bonds. The smallest absolute Gasteiger partial charge is 0.251 e. The number of nitrogens with two attached hydrogens (primary N) is 1. The first-order valence-corrected chi connectivity index (χ1v) is 6.74. The second-order valence-corrected chi connectivity index (χ2v) is 4.45. The number of amides is 1. The van der Waals surface area contributed by atoms with E-state index in [1.54, 1.807) is 12.3 Å². The van der Waals surface area contributed by atoms with Gasteiger partial charge in [-0.15, -0.1) is 0 Å². The summed E-state index contributed by atoms with van der Waals surface area (Å²) in [6, 6.07) is 7.47. The van der Waals surface area contributed by atoms with Crippen LogP contribution in [0.4, 0.5) is 0 Å².